The van der Waals surface area contributed by atoms with E-state index < -0.39 is 0 Å². The predicted octanol–water partition coefficient (Wildman–Crippen LogP) is 4.36. The first-order valence-electron chi connectivity index (χ1n) is 11.7. The van der Waals surface area contributed by atoms with Crippen LogP contribution in [0.4, 0.5) is 0 Å². The molecule has 8 nitrogen and oxygen atoms in total. The van der Waals surface area contributed by atoms with E-state index in [9.17, 15) is 9.59 Å². The average Bonchev–Trinajstić information content (AvgIpc) is 3.52. The van der Waals surface area contributed by atoms with Crippen LogP contribution < -0.4 is 10.4 Å². The second-order valence-electron chi connectivity index (χ2n) is 8.92. The lowest BCUT2D eigenvalue weighted by atomic mass is 10.0. The van der Waals surface area contributed by atoms with Gasteiger partial charge in [-0.25, -0.2) is 9.78 Å². The number of rotatable bonds is 4. The van der Waals surface area contributed by atoms with Crippen LogP contribution in [0.5, 0.6) is 5.75 Å². The van der Waals surface area contributed by atoms with Crippen molar-refractivity contribution in [3.63, 3.8) is 0 Å². The quantitative estimate of drug-likeness (QED) is 0.411. The number of pyridine rings is 1. The van der Waals surface area contributed by atoms with E-state index in [1.165, 1.54) is 0 Å². The summed E-state index contributed by atoms with van der Waals surface area (Å²) in [4.78, 5) is 38.6. The van der Waals surface area contributed by atoms with E-state index in [1.54, 1.807) is 17.9 Å². The SMILES string of the molecule is COc1cccc(-c2ccc(C(=O)N3CCC[C@@H](n4c(=O)[nH]c5cnc6[nH]ccc6c54)C3)cc2)c1. The molecule has 0 unspecified atom stereocenters. The number of hydrogen-bond acceptors (Lipinski definition) is 4. The number of imidazole rings is 1. The number of piperidine rings is 1. The fourth-order valence-corrected chi connectivity index (χ4v) is 5.11. The summed E-state index contributed by atoms with van der Waals surface area (Å²) >= 11 is 0. The number of aromatic nitrogens is 4. The Morgan fingerprint density at radius 3 is 2.80 bits per heavy atom. The highest BCUT2D eigenvalue weighted by Gasteiger charge is 2.28. The van der Waals surface area contributed by atoms with Crippen molar-refractivity contribution in [2.24, 2.45) is 0 Å². The molecule has 1 atom stereocenters. The lowest BCUT2D eigenvalue weighted by Crippen LogP contribution is -2.42. The first-order valence-corrected chi connectivity index (χ1v) is 11.7. The molecule has 176 valence electrons. The van der Waals surface area contributed by atoms with Crippen molar-refractivity contribution in [3.05, 3.63) is 83.0 Å². The third-order valence-corrected chi connectivity index (χ3v) is 6.84. The number of likely N-dealkylation sites (tertiary alicyclic amines) is 1. The topological polar surface area (TPSA) is 96.0 Å². The highest BCUT2D eigenvalue weighted by molar-refractivity contribution is 6.01. The third-order valence-electron chi connectivity index (χ3n) is 6.84. The van der Waals surface area contributed by atoms with Crippen molar-refractivity contribution in [1.82, 2.24) is 24.4 Å². The highest BCUT2D eigenvalue weighted by atomic mass is 16.5. The maximum absolute atomic E-state index is 13.4. The molecule has 0 bridgehead atoms. The zero-order valence-corrected chi connectivity index (χ0v) is 19.3. The van der Waals surface area contributed by atoms with Crippen LogP contribution in [-0.2, 0) is 0 Å². The van der Waals surface area contributed by atoms with Gasteiger partial charge in [-0.2, -0.15) is 0 Å². The molecule has 1 amide bonds. The Kier molecular flexibility index (Phi) is 5.13. The van der Waals surface area contributed by atoms with Gasteiger partial charge in [0.1, 0.15) is 11.4 Å². The predicted molar refractivity (Wildman–Crippen MR) is 135 cm³/mol. The number of aromatic amines is 2. The van der Waals surface area contributed by atoms with Crippen LogP contribution in [0.2, 0.25) is 0 Å². The summed E-state index contributed by atoms with van der Waals surface area (Å²) in [5.74, 6) is 0.774. The summed E-state index contributed by atoms with van der Waals surface area (Å²) in [7, 11) is 1.65. The molecule has 1 aliphatic heterocycles. The Hall–Kier alpha value is -4.33. The fourth-order valence-electron chi connectivity index (χ4n) is 5.11. The van der Waals surface area contributed by atoms with Gasteiger partial charge in [-0.15, -0.1) is 0 Å². The molecule has 3 aromatic heterocycles. The van der Waals surface area contributed by atoms with Crippen LogP contribution in [-0.4, -0.2) is 50.5 Å². The number of ether oxygens (including phenoxy) is 1. The molecule has 1 fully saturated rings. The van der Waals surface area contributed by atoms with Crippen molar-refractivity contribution >= 4 is 28.0 Å². The van der Waals surface area contributed by atoms with Gasteiger partial charge in [0.25, 0.3) is 5.91 Å². The average molecular weight is 468 g/mol. The maximum Gasteiger partial charge on any atom is 0.326 e. The Morgan fingerprint density at radius 1 is 1.11 bits per heavy atom. The molecular weight excluding hydrogens is 442 g/mol. The van der Waals surface area contributed by atoms with E-state index in [2.05, 4.69) is 15.0 Å². The molecule has 4 heterocycles. The van der Waals surface area contributed by atoms with E-state index >= 15 is 0 Å². The molecule has 2 aromatic carbocycles. The van der Waals surface area contributed by atoms with Crippen molar-refractivity contribution in [3.8, 4) is 16.9 Å². The van der Waals surface area contributed by atoms with Gasteiger partial charge >= 0.3 is 5.69 Å². The lowest BCUT2D eigenvalue weighted by Gasteiger charge is -2.33. The molecule has 0 aliphatic carbocycles. The van der Waals surface area contributed by atoms with Crippen LogP contribution in [0.15, 0.2) is 71.8 Å². The summed E-state index contributed by atoms with van der Waals surface area (Å²) in [5.41, 5.74) is 4.81. The fraction of sp³-hybridized carbons (Fsp3) is 0.222. The van der Waals surface area contributed by atoms with E-state index in [0.717, 1.165) is 46.3 Å². The summed E-state index contributed by atoms with van der Waals surface area (Å²) < 4.78 is 7.12. The van der Waals surface area contributed by atoms with E-state index in [1.807, 2.05) is 65.7 Å². The monoisotopic (exact) mass is 467 g/mol. The number of benzene rings is 2. The number of methoxy groups -OCH3 is 1. The van der Waals surface area contributed by atoms with Crippen LogP contribution in [0.3, 0.4) is 0 Å². The second-order valence-corrected chi connectivity index (χ2v) is 8.92. The zero-order chi connectivity index (χ0) is 23.9. The van der Waals surface area contributed by atoms with Crippen molar-refractivity contribution in [2.75, 3.05) is 20.2 Å². The molecule has 5 aromatic rings. The van der Waals surface area contributed by atoms with E-state index in [-0.39, 0.29) is 17.6 Å². The number of carbonyl (C=O) groups excluding carboxylic acids is 1. The minimum atomic E-state index is -0.169. The summed E-state index contributed by atoms with van der Waals surface area (Å²) in [6.07, 6.45) is 5.17. The number of hydrogen-bond donors (Lipinski definition) is 2. The standard InChI is InChI=1S/C27H25N5O3/c1-35-21-6-2-4-19(14-21)17-7-9-18(10-8-17)26(33)31-13-3-5-20(16-31)32-24-22-11-12-28-25(22)29-15-23(24)30-27(32)34/h2,4,6-12,14-15,20H,3,5,13,16H2,1H3,(H,28,29)(H,30,34)/t20-/m1/s1. The van der Waals surface area contributed by atoms with Crippen LogP contribution >= 0.6 is 0 Å². The van der Waals surface area contributed by atoms with Crippen molar-refractivity contribution in [1.29, 1.82) is 0 Å². The van der Waals surface area contributed by atoms with Gasteiger partial charge in [0.15, 0.2) is 0 Å². The summed E-state index contributed by atoms with van der Waals surface area (Å²) in [6, 6.07) is 17.3. The van der Waals surface area contributed by atoms with E-state index in [0.29, 0.717) is 24.2 Å². The van der Waals surface area contributed by atoms with Crippen molar-refractivity contribution in [2.45, 2.75) is 18.9 Å². The third kappa shape index (κ3) is 3.67. The van der Waals surface area contributed by atoms with Crippen LogP contribution in [0.25, 0.3) is 33.2 Å². The molecule has 8 heteroatoms. The highest BCUT2D eigenvalue weighted by Crippen LogP contribution is 2.29. The molecule has 1 aliphatic rings. The summed E-state index contributed by atoms with van der Waals surface area (Å²) in [6.45, 7) is 1.16. The Morgan fingerprint density at radius 2 is 1.97 bits per heavy atom. The summed E-state index contributed by atoms with van der Waals surface area (Å²) in [5, 5.41) is 0.900. The zero-order valence-electron chi connectivity index (χ0n) is 19.3. The van der Waals surface area contributed by atoms with Crippen LogP contribution in [0, 0.1) is 0 Å². The van der Waals surface area contributed by atoms with Gasteiger partial charge in [0.2, 0.25) is 0 Å². The maximum atomic E-state index is 13.4. The number of amides is 1. The first kappa shape index (κ1) is 21.2. The Bertz CT molecular complexity index is 1590. The molecule has 0 spiro atoms. The minimum Gasteiger partial charge on any atom is -0.497 e. The molecule has 35 heavy (non-hydrogen) atoms. The Balaban J connectivity index is 1.27. The largest absolute Gasteiger partial charge is 0.497 e. The van der Waals surface area contributed by atoms with Gasteiger partial charge in [0, 0.05) is 30.2 Å². The number of nitrogens with zero attached hydrogens (tertiary/aromatic N) is 3. The van der Waals surface area contributed by atoms with Gasteiger partial charge < -0.3 is 19.6 Å². The second kappa shape index (κ2) is 8.47. The minimum absolute atomic E-state index is 0.0201. The molecule has 2 N–H and O–H groups in total. The number of nitrogens with one attached hydrogen (secondary N) is 2. The van der Waals surface area contributed by atoms with E-state index in [4.69, 9.17) is 4.74 Å². The molecular formula is C27H25N5O3. The molecule has 6 rings (SSSR count). The Labute approximate surface area is 201 Å². The van der Waals surface area contributed by atoms with Crippen LogP contribution in [0.1, 0.15) is 29.2 Å². The van der Waals surface area contributed by atoms with Gasteiger partial charge in [-0.1, -0.05) is 24.3 Å². The smallest absolute Gasteiger partial charge is 0.326 e. The molecule has 1 saturated heterocycles. The van der Waals surface area contributed by atoms with Gasteiger partial charge in [-0.05, 0) is 54.3 Å². The van der Waals surface area contributed by atoms with Gasteiger partial charge in [-0.3, -0.25) is 9.36 Å². The lowest BCUT2D eigenvalue weighted by molar-refractivity contribution is 0.0680. The first-order chi connectivity index (χ1) is 17.1. The normalized spacial score (nSPS) is 16.1. The van der Waals surface area contributed by atoms with Gasteiger partial charge in [0.05, 0.1) is 30.4 Å². The molecule has 0 saturated carbocycles. The number of fused-ring (bicyclic) bond motifs is 3. The number of H-pyrrole nitrogens is 2. The number of carbonyl (C=O) groups is 1. The van der Waals surface area contributed by atoms with Crippen molar-refractivity contribution < 1.29 is 9.53 Å². The molecule has 0 radical (unpaired) electrons.